The van der Waals surface area contributed by atoms with Crippen LogP contribution in [0.4, 0.5) is 0 Å². The average molecular weight is 168 g/mol. The Morgan fingerprint density at radius 2 is 2.42 bits per heavy atom. The maximum absolute atomic E-state index is 10.5. The Balaban J connectivity index is 2.55. The van der Waals surface area contributed by atoms with Gasteiger partial charge in [-0.1, -0.05) is 13.0 Å². The summed E-state index contributed by atoms with van der Waals surface area (Å²) >= 11 is 0. The van der Waals surface area contributed by atoms with E-state index in [1.807, 2.05) is 19.9 Å². The lowest BCUT2D eigenvalue weighted by molar-refractivity contribution is -0.115. The Hall–Kier alpha value is -0.630. The van der Waals surface area contributed by atoms with E-state index in [2.05, 4.69) is 6.58 Å². The molecule has 0 spiro atoms. The molecule has 2 nitrogen and oxygen atoms in total. The number of aldehydes is 1. The first kappa shape index (κ1) is 9.46. The normalized spacial score (nSPS) is 37.7. The van der Waals surface area contributed by atoms with Crippen LogP contribution in [0, 0.1) is 5.92 Å². The number of hydrogen-bond acceptors (Lipinski definition) is 2. The highest BCUT2D eigenvalue weighted by Gasteiger charge is 2.35. The van der Waals surface area contributed by atoms with Gasteiger partial charge in [0.1, 0.15) is 6.29 Å². The molecule has 1 aliphatic heterocycles. The molecule has 0 aromatic carbocycles. The lowest BCUT2D eigenvalue weighted by Gasteiger charge is -2.21. The molecule has 0 aromatic heterocycles. The molecule has 0 radical (unpaired) electrons. The van der Waals surface area contributed by atoms with Gasteiger partial charge in [0.25, 0.3) is 0 Å². The fourth-order valence-corrected chi connectivity index (χ4v) is 1.50. The molecule has 3 unspecified atom stereocenters. The van der Waals surface area contributed by atoms with Gasteiger partial charge in [-0.15, -0.1) is 6.58 Å². The second-order valence-corrected chi connectivity index (χ2v) is 3.71. The van der Waals surface area contributed by atoms with Crippen molar-refractivity contribution in [3.8, 4) is 0 Å². The molecule has 0 aliphatic carbocycles. The van der Waals surface area contributed by atoms with E-state index < -0.39 is 0 Å². The monoisotopic (exact) mass is 168 g/mol. The second kappa shape index (κ2) is 3.40. The summed E-state index contributed by atoms with van der Waals surface area (Å²) in [6, 6.07) is 0. The molecule has 1 saturated heterocycles. The van der Waals surface area contributed by atoms with Gasteiger partial charge in [-0.25, -0.2) is 0 Å². The minimum absolute atomic E-state index is 0.00627. The van der Waals surface area contributed by atoms with E-state index in [9.17, 15) is 4.79 Å². The lowest BCUT2D eigenvalue weighted by Crippen LogP contribution is -2.25. The van der Waals surface area contributed by atoms with Crippen LogP contribution in [0.1, 0.15) is 26.7 Å². The third kappa shape index (κ3) is 1.75. The Morgan fingerprint density at radius 3 is 2.83 bits per heavy atom. The maximum Gasteiger partial charge on any atom is 0.125 e. The predicted octanol–water partition coefficient (Wildman–Crippen LogP) is 1.95. The molecule has 1 aliphatic rings. The first-order chi connectivity index (χ1) is 5.61. The number of carbonyl (C=O) groups is 1. The van der Waals surface area contributed by atoms with Crippen LogP contribution in [0.3, 0.4) is 0 Å². The summed E-state index contributed by atoms with van der Waals surface area (Å²) in [4.78, 5) is 10.5. The zero-order valence-corrected chi connectivity index (χ0v) is 7.75. The smallest absolute Gasteiger partial charge is 0.125 e. The van der Waals surface area contributed by atoms with Gasteiger partial charge in [0.15, 0.2) is 0 Å². The molecule has 1 heterocycles. The molecule has 68 valence electrons. The van der Waals surface area contributed by atoms with Gasteiger partial charge in [0.2, 0.25) is 0 Å². The van der Waals surface area contributed by atoms with Crippen molar-refractivity contribution in [3.05, 3.63) is 12.7 Å². The van der Waals surface area contributed by atoms with Gasteiger partial charge in [0, 0.05) is 5.92 Å². The zero-order chi connectivity index (χ0) is 9.19. The molecule has 2 heteroatoms. The number of carbonyl (C=O) groups excluding carboxylic acids is 1. The molecule has 0 bridgehead atoms. The molecule has 1 rings (SSSR count). The van der Waals surface area contributed by atoms with Crippen LogP contribution in [0.25, 0.3) is 0 Å². The van der Waals surface area contributed by atoms with Crippen molar-refractivity contribution >= 4 is 6.29 Å². The first-order valence-electron chi connectivity index (χ1n) is 4.38. The van der Waals surface area contributed by atoms with Gasteiger partial charge >= 0.3 is 0 Å². The molecule has 1 fully saturated rings. The summed E-state index contributed by atoms with van der Waals surface area (Å²) in [6.07, 6.45) is 4.80. The minimum Gasteiger partial charge on any atom is -0.367 e. The van der Waals surface area contributed by atoms with Gasteiger partial charge in [-0.05, 0) is 19.8 Å². The summed E-state index contributed by atoms with van der Waals surface area (Å²) < 4.78 is 5.70. The van der Waals surface area contributed by atoms with Crippen LogP contribution < -0.4 is 0 Å². The standard InChI is InChI=1S/C10H16O2/c1-4-10(3)6-5-9(12-10)8(2)7-11/h4,7-9H,1,5-6H2,2-3H3. The van der Waals surface area contributed by atoms with E-state index in [1.54, 1.807) is 0 Å². The Morgan fingerprint density at radius 1 is 1.75 bits per heavy atom. The lowest BCUT2D eigenvalue weighted by atomic mass is 10.00. The van der Waals surface area contributed by atoms with Crippen LogP contribution in [-0.2, 0) is 9.53 Å². The fourth-order valence-electron chi connectivity index (χ4n) is 1.50. The van der Waals surface area contributed by atoms with Crippen LogP contribution in [0.2, 0.25) is 0 Å². The molecule has 0 saturated carbocycles. The highest BCUT2D eigenvalue weighted by Crippen LogP contribution is 2.33. The SMILES string of the molecule is C=CC1(C)CCC(C(C)C=O)O1. The summed E-state index contributed by atoms with van der Waals surface area (Å²) in [7, 11) is 0. The van der Waals surface area contributed by atoms with E-state index in [0.717, 1.165) is 19.1 Å². The van der Waals surface area contributed by atoms with Crippen molar-refractivity contribution < 1.29 is 9.53 Å². The van der Waals surface area contributed by atoms with Gasteiger partial charge < -0.3 is 9.53 Å². The maximum atomic E-state index is 10.5. The average Bonchev–Trinajstić information content (AvgIpc) is 2.48. The predicted molar refractivity (Wildman–Crippen MR) is 47.9 cm³/mol. The minimum atomic E-state index is -0.206. The van der Waals surface area contributed by atoms with Crippen LogP contribution in [-0.4, -0.2) is 18.0 Å². The number of rotatable bonds is 3. The van der Waals surface area contributed by atoms with E-state index in [1.165, 1.54) is 0 Å². The van der Waals surface area contributed by atoms with Crippen molar-refractivity contribution in [1.29, 1.82) is 0 Å². The molecule has 12 heavy (non-hydrogen) atoms. The van der Waals surface area contributed by atoms with Crippen LogP contribution in [0.15, 0.2) is 12.7 Å². The molecule has 0 amide bonds. The summed E-state index contributed by atoms with van der Waals surface area (Å²) in [5, 5.41) is 0. The topological polar surface area (TPSA) is 26.3 Å². The molecule has 0 N–H and O–H groups in total. The van der Waals surface area contributed by atoms with Crippen LogP contribution in [0.5, 0.6) is 0 Å². The van der Waals surface area contributed by atoms with E-state index in [0.29, 0.717) is 0 Å². The van der Waals surface area contributed by atoms with Gasteiger partial charge in [-0.3, -0.25) is 0 Å². The van der Waals surface area contributed by atoms with Crippen molar-refractivity contribution in [3.63, 3.8) is 0 Å². The zero-order valence-electron chi connectivity index (χ0n) is 7.75. The van der Waals surface area contributed by atoms with Gasteiger partial charge in [0.05, 0.1) is 11.7 Å². The van der Waals surface area contributed by atoms with Gasteiger partial charge in [-0.2, -0.15) is 0 Å². The van der Waals surface area contributed by atoms with Crippen molar-refractivity contribution in [2.45, 2.75) is 38.4 Å². The third-order valence-corrected chi connectivity index (χ3v) is 2.58. The quantitative estimate of drug-likeness (QED) is 0.475. The molecule has 0 aromatic rings. The molecule has 3 atom stereocenters. The van der Waals surface area contributed by atoms with Crippen molar-refractivity contribution in [1.82, 2.24) is 0 Å². The molecular formula is C10H16O2. The Kier molecular flexibility index (Phi) is 2.68. The summed E-state index contributed by atoms with van der Waals surface area (Å²) in [5.41, 5.74) is -0.206. The largest absolute Gasteiger partial charge is 0.367 e. The van der Waals surface area contributed by atoms with E-state index >= 15 is 0 Å². The Labute approximate surface area is 73.6 Å². The fraction of sp³-hybridized carbons (Fsp3) is 0.700. The number of hydrogen-bond donors (Lipinski definition) is 0. The van der Waals surface area contributed by atoms with E-state index in [4.69, 9.17) is 4.74 Å². The third-order valence-electron chi connectivity index (χ3n) is 2.58. The Bertz CT molecular complexity index is 188. The first-order valence-corrected chi connectivity index (χ1v) is 4.38. The summed E-state index contributed by atoms with van der Waals surface area (Å²) in [5.74, 6) is 0.00627. The highest BCUT2D eigenvalue weighted by atomic mass is 16.5. The highest BCUT2D eigenvalue weighted by molar-refractivity contribution is 5.53. The number of ether oxygens (including phenoxy) is 1. The van der Waals surface area contributed by atoms with Crippen molar-refractivity contribution in [2.24, 2.45) is 5.92 Å². The second-order valence-electron chi connectivity index (χ2n) is 3.71. The summed E-state index contributed by atoms with van der Waals surface area (Å²) in [6.45, 7) is 7.63. The molecular weight excluding hydrogens is 152 g/mol. The van der Waals surface area contributed by atoms with Crippen LogP contribution >= 0.6 is 0 Å². The van der Waals surface area contributed by atoms with Crippen molar-refractivity contribution in [2.75, 3.05) is 0 Å². The van der Waals surface area contributed by atoms with E-state index in [-0.39, 0.29) is 17.6 Å².